The number of nitrogens with zero attached hydrogens (tertiary/aromatic N) is 2. The standard InChI is InChI=1S/C39H28N2/c1-4-5-13-25(2)30-24-27(23-22-26(30)3)28-15-12-18-33-37(28)29-14-6-7-16-31(29)39(33)32-17-8-10-20-35(32)41-36-21-11-9-19-34(36)40-38(39)41/h4-24H,1-2H2,3H3/b13-5-. The summed E-state index contributed by atoms with van der Waals surface area (Å²) in [6.45, 7) is 10.3. The number of hydrogen-bond acceptors (Lipinski definition) is 1. The van der Waals surface area contributed by atoms with Crippen LogP contribution in [0.1, 0.15) is 33.6 Å². The Hall–Kier alpha value is -5.21. The second-order valence-electron chi connectivity index (χ2n) is 11.0. The molecular weight excluding hydrogens is 496 g/mol. The molecule has 0 bridgehead atoms. The highest BCUT2D eigenvalue weighted by Gasteiger charge is 2.54. The third kappa shape index (κ3) is 3.05. The van der Waals surface area contributed by atoms with Gasteiger partial charge >= 0.3 is 0 Å². The van der Waals surface area contributed by atoms with Gasteiger partial charge in [0.15, 0.2) is 0 Å². The van der Waals surface area contributed by atoms with E-state index in [1.54, 1.807) is 6.08 Å². The van der Waals surface area contributed by atoms with Crippen LogP contribution in [-0.4, -0.2) is 9.55 Å². The Morgan fingerprint density at radius 3 is 2.39 bits per heavy atom. The fraction of sp³-hybridized carbons (Fsp3) is 0.0513. The lowest BCUT2D eigenvalue weighted by Crippen LogP contribution is -2.27. The summed E-state index contributed by atoms with van der Waals surface area (Å²) in [6, 6.07) is 39.7. The topological polar surface area (TPSA) is 17.8 Å². The highest BCUT2D eigenvalue weighted by Crippen LogP contribution is 2.61. The number of hydrogen-bond donors (Lipinski definition) is 0. The largest absolute Gasteiger partial charge is 0.295 e. The van der Waals surface area contributed by atoms with E-state index < -0.39 is 5.41 Å². The lowest BCUT2D eigenvalue weighted by atomic mass is 9.72. The molecule has 1 aliphatic carbocycles. The molecule has 8 rings (SSSR count). The molecule has 0 fully saturated rings. The van der Waals surface area contributed by atoms with Gasteiger partial charge in [-0.25, -0.2) is 4.98 Å². The zero-order valence-electron chi connectivity index (χ0n) is 22.9. The number of allylic oxidation sites excluding steroid dienone is 4. The molecule has 2 heterocycles. The maximum atomic E-state index is 5.36. The summed E-state index contributed by atoms with van der Waals surface area (Å²) in [5, 5.41) is 0. The van der Waals surface area contributed by atoms with Crippen molar-refractivity contribution in [2.75, 3.05) is 0 Å². The summed E-state index contributed by atoms with van der Waals surface area (Å²) in [4.78, 5) is 5.36. The van der Waals surface area contributed by atoms with Crippen LogP contribution in [0.25, 0.3) is 44.5 Å². The molecule has 41 heavy (non-hydrogen) atoms. The minimum Gasteiger partial charge on any atom is -0.295 e. The molecule has 6 aromatic rings. The number of fused-ring (bicyclic) bond motifs is 12. The van der Waals surface area contributed by atoms with Gasteiger partial charge in [-0.1, -0.05) is 116 Å². The molecule has 5 aromatic carbocycles. The molecule has 1 aromatic heterocycles. The molecule has 2 heteroatoms. The van der Waals surface area contributed by atoms with Crippen LogP contribution in [0, 0.1) is 6.92 Å². The Balaban J connectivity index is 1.46. The Morgan fingerprint density at radius 1 is 0.780 bits per heavy atom. The Bertz CT molecular complexity index is 2100. The molecule has 2 nitrogen and oxygen atoms in total. The van der Waals surface area contributed by atoms with Crippen LogP contribution in [0.3, 0.4) is 0 Å². The first-order valence-electron chi connectivity index (χ1n) is 14.0. The van der Waals surface area contributed by atoms with Gasteiger partial charge in [-0.15, -0.1) is 0 Å². The normalized spacial score (nSPS) is 16.1. The summed E-state index contributed by atoms with van der Waals surface area (Å²) < 4.78 is 2.38. The molecule has 0 radical (unpaired) electrons. The fourth-order valence-electron chi connectivity index (χ4n) is 7.14. The minimum atomic E-state index is -0.499. The summed E-state index contributed by atoms with van der Waals surface area (Å²) in [7, 11) is 0. The van der Waals surface area contributed by atoms with Crippen LogP contribution in [0.15, 0.2) is 141 Å². The van der Waals surface area contributed by atoms with E-state index in [0.717, 1.165) is 28.0 Å². The van der Waals surface area contributed by atoms with Gasteiger partial charge in [0.2, 0.25) is 0 Å². The number of benzene rings is 5. The molecule has 0 N–H and O–H groups in total. The Kier molecular flexibility index (Phi) is 4.99. The first-order chi connectivity index (χ1) is 20.1. The maximum Gasteiger partial charge on any atom is 0.134 e. The molecule has 1 aliphatic heterocycles. The van der Waals surface area contributed by atoms with Crippen molar-refractivity contribution < 1.29 is 0 Å². The van der Waals surface area contributed by atoms with Gasteiger partial charge in [0.25, 0.3) is 0 Å². The third-order valence-corrected chi connectivity index (χ3v) is 8.84. The first kappa shape index (κ1) is 23.7. The van der Waals surface area contributed by atoms with Gasteiger partial charge in [-0.2, -0.15) is 0 Å². The van der Waals surface area contributed by atoms with E-state index in [0.29, 0.717) is 0 Å². The van der Waals surface area contributed by atoms with E-state index in [9.17, 15) is 0 Å². The highest BCUT2D eigenvalue weighted by molar-refractivity contribution is 5.98. The van der Waals surface area contributed by atoms with Crippen LogP contribution in [0.4, 0.5) is 0 Å². The van der Waals surface area contributed by atoms with Gasteiger partial charge in [-0.3, -0.25) is 4.57 Å². The van der Waals surface area contributed by atoms with Crippen molar-refractivity contribution in [1.29, 1.82) is 0 Å². The zero-order chi connectivity index (χ0) is 27.7. The van der Waals surface area contributed by atoms with Gasteiger partial charge in [0.05, 0.1) is 16.7 Å². The predicted molar refractivity (Wildman–Crippen MR) is 170 cm³/mol. The van der Waals surface area contributed by atoms with Crippen molar-refractivity contribution in [2.24, 2.45) is 0 Å². The monoisotopic (exact) mass is 524 g/mol. The van der Waals surface area contributed by atoms with Gasteiger partial charge in [-0.05, 0) is 86.8 Å². The number of imidazole rings is 1. The molecule has 1 unspecified atom stereocenters. The number of aromatic nitrogens is 2. The second kappa shape index (κ2) is 8.64. The minimum absolute atomic E-state index is 0.499. The fourth-order valence-corrected chi connectivity index (χ4v) is 7.14. The lowest BCUT2D eigenvalue weighted by molar-refractivity contribution is 0.738. The molecule has 2 aliphatic rings. The average Bonchev–Trinajstić information content (AvgIpc) is 3.64. The number of aryl methyl sites for hydroxylation is 1. The number of para-hydroxylation sites is 3. The lowest BCUT2D eigenvalue weighted by Gasteiger charge is -2.27. The SMILES string of the molecule is C=C/C=C\C(=C)c1cc(-c2cccc3c2-c2ccccc2C32c3ccccc3-n3c2nc2ccccc23)ccc1C. The average molecular weight is 525 g/mol. The van der Waals surface area contributed by atoms with Crippen molar-refractivity contribution in [3.05, 3.63) is 174 Å². The summed E-state index contributed by atoms with van der Waals surface area (Å²) in [5.41, 5.74) is 15.0. The van der Waals surface area contributed by atoms with Crippen LogP contribution in [-0.2, 0) is 5.41 Å². The van der Waals surface area contributed by atoms with E-state index in [1.165, 1.54) is 50.2 Å². The highest BCUT2D eigenvalue weighted by atomic mass is 15.1. The van der Waals surface area contributed by atoms with Crippen molar-refractivity contribution in [2.45, 2.75) is 12.3 Å². The van der Waals surface area contributed by atoms with Crippen LogP contribution in [0.2, 0.25) is 0 Å². The van der Waals surface area contributed by atoms with E-state index in [4.69, 9.17) is 4.98 Å². The van der Waals surface area contributed by atoms with Crippen molar-refractivity contribution in [3.63, 3.8) is 0 Å². The molecule has 194 valence electrons. The molecule has 1 spiro atoms. The van der Waals surface area contributed by atoms with E-state index in [2.05, 4.69) is 134 Å². The number of rotatable bonds is 4. The van der Waals surface area contributed by atoms with Crippen LogP contribution >= 0.6 is 0 Å². The summed E-state index contributed by atoms with van der Waals surface area (Å²) in [6.07, 6.45) is 5.76. The predicted octanol–water partition coefficient (Wildman–Crippen LogP) is 9.43. The van der Waals surface area contributed by atoms with Gasteiger partial charge < -0.3 is 0 Å². The molecule has 1 atom stereocenters. The molecular formula is C39H28N2. The quantitative estimate of drug-likeness (QED) is 0.210. The maximum absolute atomic E-state index is 5.36. The Morgan fingerprint density at radius 2 is 1.51 bits per heavy atom. The second-order valence-corrected chi connectivity index (χ2v) is 11.0. The van der Waals surface area contributed by atoms with Crippen molar-refractivity contribution >= 4 is 16.6 Å². The summed E-state index contributed by atoms with van der Waals surface area (Å²) >= 11 is 0. The third-order valence-electron chi connectivity index (χ3n) is 8.84. The van der Waals surface area contributed by atoms with Crippen LogP contribution < -0.4 is 0 Å². The summed E-state index contributed by atoms with van der Waals surface area (Å²) in [5.74, 6) is 1.07. The first-order valence-corrected chi connectivity index (χ1v) is 14.0. The van der Waals surface area contributed by atoms with E-state index >= 15 is 0 Å². The van der Waals surface area contributed by atoms with Crippen LogP contribution in [0.5, 0.6) is 0 Å². The molecule has 0 saturated carbocycles. The van der Waals surface area contributed by atoms with Crippen molar-refractivity contribution in [3.8, 4) is 27.9 Å². The Labute approximate surface area is 240 Å². The zero-order valence-corrected chi connectivity index (χ0v) is 22.9. The van der Waals surface area contributed by atoms with Gasteiger partial charge in [0.1, 0.15) is 11.2 Å². The van der Waals surface area contributed by atoms with E-state index in [-0.39, 0.29) is 0 Å². The van der Waals surface area contributed by atoms with E-state index in [1.807, 2.05) is 12.2 Å². The van der Waals surface area contributed by atoms with Gasteiger partial charge in [0, 0.05) is 0 Å². The van der Waals surface area contributed by atoms with Crippen molar-refractivity contribution in [1.82, 2.24) is 9.55 Å². The molecule has 0 amide bonds. The molecule has 0 saturated heterocycles. The smallest absolute Gasteiger partial charge is 0.134 e.